The Morgan fingerprint density at radius 2 is 1.65 bits per heavy atom. The van der Waals surface area contributed by atoms with Gasteiger partial charge < -0.3 is 5.32 Å². The molecule has 0 radical (unpaired) electrons. The number of rotatable bonds is 8. The van der Waals surface area contributed by atoms with Crippen LogP contribution < -0.4 is 10.0 Å². The van der Waals surface area contributed by atoms with Crippen LogP contribution in [-0.2, 0) is 23.1 Å². The fraction of sp³-hybridized carbons (Fsp3) is 0.458. The minimum absolute atomic E-state index is 0.0580. The highest BCUT2D eigenvalue weighted by Crippen LogP contribution is 2.22. The molecule has 2 aromatic carbocycles. The van der Waals surface area contributed by atoms with Gasteiger partial charge in [0.25, 0.3) is 5.91 Å². The van der Waals surface area contributed by atoms with Crippen LogP contribution in [0, 0.1) is 0 Å². The summed E-state index contributed by atoms with van der Waals surface area (Å²) in [7, 11) is -3.50. The lowest BCUT2D eigenvalue weighted by Gasteiger charge is -2.33. The molecule has 0 spiro atoms. The highest BCUT2D eigenvalue weighted by Gasteiger charge is 2.28. The average Bonchev–Trinajstić information content (AvgIpc) is 3.58. The normalized spacial score (nSPS) is 19.8. The average molecular weight is 442 g/mol. The third-order valence-corrected chi connectivity index (χ3v) is 7.66. The van der Waals surface area contributed by atoms with E-state index in [0.717, 1.165) is 31.5 Å². The van der Waals surface area contributed by atoms with Crippen LogP contribution in [0.3, 0.4) is 0 Å². The Bertz CT molecular complexity index is 999. The van der Waals surface area contributed by atoms with Gasteiger partial charge in [0.15, 0.2) is 0 Å². The zero-order valence-corrected chi connectivity index (χ0v) is 18.8. The second-order valence-electron chi connectivity index (χ2n) is 8.73. The van der Waals surface area contributed by atoms with Crippen molar-refractivity contribution < 1.29 is 13.2 Å². The number of nitrogens with one attached hydrogen (secondary N) is 2. The molecule has 4 rings (SSSR count). The zero-order chi connectivity index (χ0) is 21.8. The summed E-state index contributed by atoms with van der Waals surface area (Å²) in [5.74, 6) is -0.217. The molecule has 166 valence electrons. The number of likely N-dealkylation sites (tertiary alicyclic amines) is 1. The molecule has 2 aliphatic rings. The van der Waals surface area contributed by atoms with Crippen molar-refractivity contribution in [1.29, 1.82) is 0 Å². The van der Waals surface area contributed by atoms with Crippen LogP contribution >= 0.6 is 0 Å². The number of hydrogen-bond acceptors (Lipinski definition) is 4. The van der Waals surface area contributed by atoms with Crippen molar-refractivity contribution in [3.63, 3.8) is 0 Å². The first kappa shape index (κ1) is 22.0. The second-order valence-corrected chi connectivity index (χ2v) is 10.4. The van der Waals surface area contributed by atoms with Crippen LogP contribution in [0.1, 0.15) is 60.5 Å². The first-order valence-electron chi connectivity index (χ1n) is 11.1. The number of piperidine rings is 1. The maximum atomic E-state index is 12.4. The number of nitrogens with zero attached hydrogens (tertiary/aromatic N) is 1. The van der Waals surface area contributed by atoms with E-state index in [2.05, 4.69) is 46.1 Å². The number of amides is 1. The summed E-state index contributed by atoms with van der Waals surface area (Å²) in [6, 6.07) is 15.2. The molecule has 2 N–H and O–H groups in total. The van der Waals surface area contributed by atoms with E-state index < -0.39 is 10.0 Å². The minimum Gasteiger partial charge on any atom is -0.348 e. The van der Waals surface area contributed by atoms with Gasteiger partial charge in [0, 0.05) is 30.7 Å². The van der Waals surface area contributed by atoms with E-state index in [9.17, 15) is 13.2 Å². The maximum Gasteiger partial charge on any atom is 0.251 e. The first-order valence-corrected chi connectivity index (χ1v) is 12.6. The Labute approximate surface area is 185 Å². The molecule has 0 bridgehead atoms. The SMILES string of the molecule is CC1CCCCN1Cc1ccc(CNC(=O)c2ccc(S(=O)(=O)NC3CC3)cc2)cc1. The van der Waals surface area contributed by atoms with E-state index in [4.69, 9.17) is 0 Å². The van der Waals surface area contributed by atoms with Gasteiger partial charge >= 0.3 is 0 Å². The van der Waals surface area contributed by atoms with Crippen molar-refractivity contribution in [2.75, 3.05) is 6.54 Å². The van der Waals surface area contributed by atoms with Crippen LogP contribution in [0.2, 0.25) is 0 Å². The molecule has 1 saturated carbocycles. The predicted octanol–water partition coefficient (Wildman–Crippen LogP) is 3.43. The van der Waals surface area contributed by atoms with Gasteiger partial charge in [-0.05, 0) is 74.5 Å². The van der Waals surface area contributed by atoms with E-state index in [0.29, 0.717) is 18.2 Å². The molecule has 7 heteroatoms. The van der Waals surface area contributed by atoms with Gasteiger partial charge in [-0.3, -0.25) is 9.69 Å². The summed E-state index contributed by atoms with van der Waals surface area (Å²) in [4.78, 5) is 15.2. The lowest BCUT2D eigenvalue weighted by molar-refractivity contribution is 0.0951. The molecule has 1 unspecified atom stereocenters. The predicted molar refractivity (Wildman–Crippen MR) is 121 cm³/mol. The minimum atomic E-state index is -3.50. The van der Waals surface area contributed by atoms with Gasteiger partial charge in [0.05, 0.1) is 4.90 Å². The van der Waals surface area contributed by atoms with E-state index in [1.165, 1.54) is 37.0 Å². The van der Waals surface area contributed by atoms with Gasteiger partial charge in [0.2, 0.25) is 10.0 Å². The summed E-state index contributed by atoms with van der Waals surface area (Å²) in [5, 5.41) is 2.91. The van der Waals surface area contributed by atoms with Crippen LogP contribution in [0.15, 0.2) is 53.4 Å². The Kier molecular flexibility index (Phi) is 6.74. The molecule has 1 aliphatic carbocycles. The van der Waals surface area contributed by atoms with Gasteiger partial charge in [-0.1, -0.05) is 30.7 Å². The third-order valence-electron chi connectivity index (χ3n) is 6.13. The monoisotopic (exact) mass is 441 g/mol. The maximum absolute atomic E-state index is 12.4. The molecule has 1 amide bonds. The quantitative estimate of drug-likeness (QED) is 0.658. The molecule has 31 heavy (non-hydrogen) atoms. The lowest BCUT2D eigenvalue weighted by Crippen LogP contribution is -2.36. The van der Waals surface area contributed by atoms with E-state index in [-0.39, 0.29) is 16.8 Å². The molecule has 2 fully saturated rings. The molecule has 6 nitrogen and oxygen atoms in total. The molecule has 2 aromatic rings. The van der Waals surface area contributed by atoms with Crippen LogP contribution in [0.4, 0.5) is 0 Å². The number of benzene rings is 2. The number of hydrogen-bond donors (Lipinski definition) is 2. The van der Waals surface area contributed by atoms with Crippen molar-refractivity contribution in [3.8, 4) is 0 Å². The standard InChI is InChI=1S/C24H31N3O3S/c1-18-4-2-3-15-27(18)17-20-7-5-19(6-8-20)16-25-24(28)21-9-13-23(14-10-21)31(29,30)26-22-11-12-22/h5-10,13-14,18,22,26H,2-4,11-12,15-17H2,1H3,(H,25,28). The summed E-state index contributed by atoms with van der Waals surface area (Å²) < 4.78 is 27.1. The smallest absolute Gasteiger partial charge is 0.251 e. The van der Waals surface area contributed by atoms with Gasteiger partial charge in [-0.2, -0.15) is 0 Å². The van der Waals surface area contributed by atoms with Crippen molar-refractivity contribution >= 4 is 15.9 Å². The van der Waals surface area contributed by atoms with Crippen LogP contribution in [-0.4, -0.2) is 37.9 Å². The number of sulfonamides is 1. The molecule has 0 aromatic heterocycles. The summed E-state index contributed by atoms with van der Waals surface area (Å²) in [6.07, 6.45) is 5.65. The van der Waals surface area contributed by atoms with Crippen LogP contribution in [0.25, 0.3) is 0 Å². The Hall–Kier alpha value is -2.22. The molecular weight excluding hydrogens is 410 g/mol. The Morgan fingerprint density at radius 3 is 2.29 bits per heavy atom. The largest absolute Gasteiger partial charge is 0.348 e. The fourth-order valence-corrected chi connectivity index (χ4v) is 5.25. The Morgan fingerprint density at radius 1 is 0.968 bits per heavy atom. The molecule has 1 aliphatic heterocycles. The second kappa shape index (κ2) is 9.51. The topological polar surface area (TPSA) is 78.5 Å². The molecule has 1 saturated heterocycles. The Balaban J connectivity index is 1.29. The van der Waals surface area contributed by atoms with Crippen molar-refractivity contribution in [3.05, 3.63) is 65.2 Å². The number of carbonyl (C=O) groups is 1. The van der Waals surface area contributed by atoms with Gasteiger partial charge in [-0.25, -0.2) is 13.1 Å². The van der Waals surface area contributed by atoms with E-state index in [1.54, 1.807) is 12.1 Å². The first-order chi connectivity index (χ1) is 14.9. The lowest BCUT2D eigenvalue weighted by atomic mass is 10.0. The third kappa shape index (κ3) is 5.93. The van der Waals surface area contributed by atoms with Crippen molar-refractivity contribution in [2.24, 2.45) is 0 Å². The summed E-state index contributed by atoms with van der Waals surface area (Å²) in [5.41, 5.74) is 2.78. The number of carbonyl (C=O) groups excluding carboxylic acids is 1. The summed E-state index contributed by atoms with van der Waals surface area (Å²) in [6.45, 7) is 4.87. The molecule has 1 heterocycles. The zero-order valence-electron chi connectivity index (χ0n) is 18.0. The van der Waals surface area contributed by atoms with E-state index in [1.807, 2.05) is 0 Å². The molecular formula is C24H31N3O3S. The van der Waals surface area contributed by atoms with E-state index >= 15 is 0 Å². The summed E-state index contributed by atoms with van der Waals surface area (Å²) >= 11 is 0. The highest BCUT2D eigenvalue weighted by molar-refractivity contribution is 7.89. The van der Waals surface area contributed by atoms with Gasteiger partial charge in [0.1, 0.15) is 0 Å². The van der Waals surface area contributed by atoms with Gasteiger partial charge in [-0.15, -0.1) is 0 Å². The fourth-order valence-electron chi connectivity index (χ4n) is 3.95. The van der Waals surface area contributed by atoms with Crippen LogP contribution in [0.5, 0.6) is 0 Å². The highest BCUT2D eigenvalue weighted by atomic mass is 32.2. The van der Waals surface area contributed by atoms with Crippen molar-refractivity contribution in [2.45, 2.75) is 69.1 Å². The molecule has 1 atom stereocenters. The van der Waals surface area contributed by atoms with Crippen molar-refractivity contribution in [1.82, 2.24) is 14.9 Å².